The molecule has 0 saturated heterocycles. The van der Waals surface area contributed by atoms with Crippen molar-refractivity contribution in [1.82, 2.24) is 0 Å². The van der Waals surface area contributed by atoms with Crippen molar-refractivity contribution in [2.24, 2.45) is 5.92 Å². The van der Waals surface area contributed by atoms with Crippen LogP contribution in [0.3, 0.4) is 0 Å². The van der Waals surface area contributed by atoms with Gasteiger partial charge in [0.05, 0.1) is 0 Å². The summed E-state index contributed by atoms with van der Waals surface area (Å²) >= 11 is 0. The van der Waals surface area contributed by atoms with Crippen LogP contribution in [0.5, 0.6) is 0 Å². The molecule has 21 heavy (non-hydrogen) atoms. The number of carboxylic acids is 1. The second-order valence-electron chi connectivity index (χ2n) is 6.57. The van der Waals surface area contributed by atoms with Crippen LogP contribution in [0.25, 0.3) is 0 Å². The van der Waals surface area contributed by atoms with Crippen molar-refractivity contribution < 1.29 is 9.90 Å². The quantitative estimate of drug-likeness (QED) is 0.277. The summed E-state index contributed by atoms with van der Waals surface area (Å²) in [5.74, 6) is 0.212. The standard InChI is InChI=1S/C18H36O2.Sn/c1-17(2)15-13-11-9-7-5-3-4-6-8-10-12-14-16-18(19)20;/h17H,3-16H2,1-2H3,(H,19,20);. The minimum Gasteiger partial charge on any atom is -0.481 e. The Morgan fingerprint density at radius 2 is 1.05 bits per heavy atom. The van der Waals surface area contributed by atoms with Gasteiger partial charge < -0.3 is 5.11 Å². The van der Waals surface area contributed by atoms with Gasteiger partial charge in [-0.2, -0.15) is 0 Å². The molecule has 0 rings (SSSR count). The molecule has 0 aromatic rings. The van der Waals surface area contributed by atoms with Crippen LogP contribution in [0.4, 0.5) is 0 Å². The number of carbonyl (C=O) groups is 1. The van der Waals surface area contributed by atoms with Gasteiger partial charge in [0, 0.05) is 30.3 Å². The van der Waals surface area contributed by atoms with Gasteiger partial charge >= 0.3 is 5.97 Å². The summed E-state index contributed by atoms with van der Waals surface area (Å²) in [7, 11) is 0. The zero-order valence-corrected chi connectivity index (χ0v) is 17.2. The SMILES string of the molecule is CC(C)CCCCCCCCCCCCCCC(=O)O.[Sn]. The molecule has 4 radical (unpaired) electrons. The molecule has 0 unspecified atom stereocenters. The van der Waals surface area contributed by atoms with Crippen LogP contribution < -0.4 is 0 Å². The Bertz CT molecular complexity index is 217. The Balaban J connectivity index is 0. The summed E-state index contributed by atoms with van der Waals surface area (Å²) in [4.78, 5) is 10.3. The second-order valence-corrected chi connectivity index (χ2v) is 6.57. The molecule has 2 nitrogen and oxygen atoms in total. The molecule has 0 aliphatic heterocycles. The Labute approximate surface area is 149 Å². The first-order chi connectivity index (χ1) is 9.63. The van der Waals surface area contributed by atoms with Crippen molar-refractivity contribution in [1.29, 1.82) is 0 Å². The third-order valence-corrected chi connectivity index (χ3v) is 3.92. The fraction of sp³-hybridized carbons (Fsp3) is 0.944. The Kier molecular flexibility index (Phi) is 20.5. The molecule has 0 atom stereocenters. The summed E-state index contributed by atoms with van der Waals surface area (Å²) < 4.78 is 0. The van der Waals surface area contributed by atoms with Gasteiger partial charge in [0.1, 0.15) is 0 Å². The molecule has 0 aromatic heterocycles. The minimum absolute atomic E-state index is 0. The molecule has 1 N–H and O–H groups in total. The first-order valence-electron chi connectivity index (χ1n) is 8.84. The van der Waals surface area contributed by atoms with E-state index in [1.807, 2.05) is 0 Å². The monoisotopic (exact) mass is 404 g/mol. The maximum atomic E-state index is 10.3. The maximum absolute atomic E-state index is 10.3. The van der Waals surface area contributed by atoms with E-state index in [1.54, 1.807) is 0 Å². The topological polar surface area (TPSA) is 37.3 Å². The molecule has 0 saturated carbocycles. The van der Waals surface area contributed by atoms with E-state index in [2.05, 4.69) is 13.8 Å². The minimum atomic E-state index is -0.654. The van der Waals surface area contributed by atoms with Gasteiger partial charge in [-0.15, -0.1) is 0 Å². The normalized spacial score (nSPS) is 10.6. The first-order valence-corrected chi connectivity index (χ1v) is 8.84. The van der Waals surface area contributed by atoms with Crippen LogP contribution >= 0.6 is 0 Å². The summed E-state index contributed by atoms with van der Waals surface area (Å²) in [6.07, 6.45) is 17.3. The smallest absolute Gasteiger partial charge is 0.303 e. The number of aliphatic carboxylic acids is 1. The molecule has 0 aliphatic carbocycles. The Hall–Kier alpha value is 0.269. The third-order valence-electron chi connectivity index (χ3n) is 3.92. The van der Waals surface area contributed by atoms with Crippen molar-refractivity contribution in [2.75, 3.05) is 0 Å². The van der Waals surface area contributed by atoms with E-state index in [0.29, 0.717) is 6.42 Å². The first kappa shape index (κ1) is 23.5. The Morgan fingerprint density at radius 3 is 1.38 bits per heavy atom. The van der Waals surface area contributed by atoms with Gasteiger partial charge in [0.15, 0.2) is 0 Å². The van der Waals surface area contributed by atoms with E-state index in [9.17, 15) is 4.79 Å². The van der Waals surface area contributed by atoms with Gasteiger partial charge in [-0.25, -0.2) is 0 Å². The van der Waals surface area contributed by atoms with E-state index in [1.165, 1.54) is 70.6 Å². The summed E-state index contributed by atoms with van der Waals surface area (Å²) in [6.45, 7) is 4.61. The van der Waals surface area contributed by atoms with Crippen LogP contribution in [0.1, 0.15) is 104 Å². The number of rotatable bonds is 15. The summed E-state index contributed by atoms with van der Waals surface area (Å²) in [5.41, 5.74) is 0. The fourth-order valence-electron chi connectivity index (χ4n) is 2.60. The summed E-state index contributed by atoms with van der Waals surface area (Å²) in [5, 5.41) is 8.52. The van der Waals surface area contributed by atoms with Crippen molar-refractivity contribution in [3.05, 3.63) is 0 Å². The number of unbranched alkanes of at least 4 members (excludes halogenated alkanes) is 11. The van der Waals surface area contributed by atoms with Crippen molar-refractivity contribution in [2.45, 2.75) is 104 Å². The van der Waals surface area contributed by atoms with E-state index in [-0.39, 0.29) is 23.9 Å². The van der Waals surface area contributed by atoms with Gasteiger partial charge in [-0.05, 0) is 12.3 Å². The van der Waals surface area contributed by atoms with Crippen LogP contribution in [-0.4, -0.2) is 35.0 Å². The van der Waals surface area contributed by atoms with Crippen LogP contribution in [0.15, 0.2) is 0 Å². The van der Waals surface area contributed by atoms with E-state index < -0.39 is 5.97 Å². The van der Waals surface area contributed by atoms with Crippen molar-refractivity contribution >= 4 is 29.9 Å². The predicted octanol–water partition coefficient (Wildman–Crippen LogP) is 5.81. The van der Waals surface area contributed by atoms with Crippen molar-refractivity contribution in [3.8, 4) is 0 Å². The number of hydrogen-bond acceptors (Lipinski definition) is 1. The van der Waals surface area contributed by atoms with Crippen LogP contribution in [0.2, 0.25) is 0 Å². The molecule has 0 fully saturated rings. The molecule has 3 heteroatoms. The molecule has 0 amide bonds. The number of carboxylic acid groups (broad SMARTS) is 1. The molecule has 0 aliphatic rings. The van der Waals surface area contributed by atoms with E-state index in [4.69, 9.17) is 5.11 Å². The summed E-state index contributed by atoms with van der Waals surface area (Å²) in [6, 6.07) is 0. The maximum Gasteiger partial charge on any atom is 0.303 e. The molecular weight excluding hydrogens is 367 g/mol. The zero-order chi connectivity index (χ0) is 15.1. The second kappa shape index (κ2) is 18.3. The molecule has 124 valence electrons. The third kappa shape index (κ3) is 22.7. The molecule has 0 aromatic carbocycles. The van der Waals surface area contributed by atoms with Gasteiger partial charge in [0.25, 0.3) is 0 Å². The molecule has 0 bridgehead atoms. The average Bonchev–Trinajstić information content (AvgIpc) is 2.38. The molecule has 0 heterocycles. The molecular formula is C18H36O2Sn. The molecule has 0 spiro atoms. The van der Waals surface area contributed by atoms with E-state index in [0.717, 1.165) is 18.8 Å². The van der Waals surface area contributed by atoms with E-state index >= 15 is 0 Å². The van der Waals surface area contributed by atoms with Crippen LogP contribution in [0, 0.1) is 5.92 Å². The van der Waals surface area contributed by atoms with Crippen LogP contribution in [-0.2, 0) is 4.79 Å². The fourth-order valence-corrected chi connectivity index (χ4v) is 2.60. The Morgan fingerprint density at radius 1 is 0.714 bits per heavy atom. The van der Waals surface area contributed by atoms with Gasteiger partial charge in [-0.1, -0.05) is 90.9 Å². The van der Waals surface area contributed by atoms with Gasteiger partial charge in [0.2, 0.25) is 0 Å². The zero-order valence-electron chi connectivity index (χ0n) is 14.3. The average molecular weight is 403 g/mol. The van der Waals surface area contributed by atoms with Crippen molar-refractivity contribution in [3.63, 3.8) is 0 Å². The number of hydrogen-bond donors (Lipinski definition) is 1. The van der Waals surface area contributed by atoms with Gasteiger partial charge in [-0.3, -0.25) is 4.79 Å². The largest absolute Gasteiger partial charge is 0.481 e. The predicted molar refractivity (Wildman–Crippen MR) is 92.9 cm³/mol.